The Kier molecular flexibility index (Phi) is 4.78. The van der Waals surface area contributed by atoms with Crippen LogP contribution in [0.5, 0.6) is 0 Å². The molecule has 2 aromatic heterocycles. The maximum absolute atomic E-state index is 12.6. The molecule has 1 N–H and O–H groups in total. The van der Waals surface area contributed by atoms with Crippen molar-refractivity contribution in [3.63, 3.8) is 0 Å². The molecule has 0 atom stereocenters. The predicted octanol–water partition coefficient (Wildman–Crippen LogP) is 2.60. The molecular weight excluding hydrogens is 316 g/mol. The molecular formula is C19H18N4O2. The number of methoxy groups -OCH3 is 1. The number of aromatic nitrogens is 3. The van der Waals surface area contributed by atoms with Crippen molar-refractivity contribution in [2.24, 2.45) is 0 Å². The number of fused-ring (bicyclic) bond motifs is 1. The lowest BCUT2D eigenvalue weighted by Crippen LogP contribution is -2.12. The van der Waals surface area contributed by atoms with Gasteiger partial charge in [0.1, 0.15) is 12.2 Å². The van der Waals surface area contributed by atoms with E-state index in [1.54, 1.807) is 11.6 Å². The van der Waals surface area contributed by atoms with Crippen molar-refractivity contribution in [1.82, 2.24) is 14.6 Å². The highest BCUT2D eigenvalue weighted by molar-refractivity contribution is 6.08. The average Bonchev–Trinajstić information content (AvgIpc) is 3.01. The van der Waals surface area contributed by atoms with Crippen molar-refractivity contribution < 1.29 is 9.53 Å². The summed E-state index contributed by atoms with van der Waals surface area (Å²) in [5.74, 6) is 5.62. The molecule has 3 rings (SSSR count). The van der Waals surface area contributed by atoms with Gasteiger partial charge in [0.25, 0.3) is 5.91 Å². The van der Waals surface area contributed by atoms with Gasteiger partial charge in [-0.1, -0.05) is 11.8 Å². The Labute approximate surface area is 145 Å². The second kappa shape index (κ2) is 7.16. The Hall–Kier alpha value is -3.17. The zero-order chi connectivity index (χ0) is 17.8. The zero-order valence-electron chi connectivity index (χ0n) is 14.3. The normalized spacial score (nSPS) is 10.4. The number of rotatable bonds is 3. The summed E-state index contributed by atoms with van der Waals surface area (Å²) in [4.78, 5) is 17.0. The fraction of sp³-hybridized carbons (Fsp3) is 0.211. The van der Waals surface area contributed by atoms with Gasteiger partial charge in [-0.25, -0.2) is 9.50 Å². The second-order valence-electron chi connectivity index (χ2n) is 5.60. The molecule has 6 heteroatoms. The van der Waals surface area contributed by atoms with Gasteiger partial charge in [-0.3, -0.25) is 4.79 Å². The monoisotopic (exact) mass is 334 g/mol. The first-order chi connectivity index (χ1) is 12.1. The van der Waals surface area contributed by atoms with Crippen molar-refractivity contribution in [2.45, 2.75) is 13.8 Å². The summed E-state index contributed by atoms with van der Waals surface area (Å²) in [5, 5.41) is 7.11. The molecule has 0 fully saturated rings. The number of hydrogen-bond donors (Lipinski definition) is 1. The van der Waals surface area contributed by atoms with Crippen LogP contribution in [0.25, 0.3) is 5.65 Å². The van der Waals surface area contributed by atoms with Crippen molar-refractivity contribution in [2.75, 3.05) is 19.0 Å². The molecule has 0 aliphatic heterocycles. The number of amides is 1. The summed E-state index contributed by atoms with van der Waals surface area (Å²) in [6, 6.07) is 9.24. The maximum atomic E-state index is 12.6. The van der Waals surface area contributed by atoms with E-state index in [-0.39, 0.29) is 5.91 Å². The minimum Gasteiger partial charge on any atom is -0.372 e. The Morgan fingerprint density at radius 3 is 2.76 bits per heavy atom. The lowest BCUT2D eigenvalue weighted by Gasteiger charge is -2.05. The number of carbonyl (C=O) groups excluding carboxylic acids is 1. The van der Waals surface area contributed by atoms with Crippen LogP contribution in [0.15, 0.2) is 36.5 Å². The highest BCUT2D eigenvalue weighted by atomic mass is 16.5. The minimum atomic E-state index is -0.245. The van der Waals surface area contributed by atoms with Crippen molar-refractivity contribution in [1.29, 1.82) is 0 Å². The SMILES string of the molecule is COCC#Cc1ccc(NC(=O)c2cnn3c(C)cc(C)nc23)cc1. The number of hydrogen-bond acceptors (Lipinski definition) is 4. The van der Waals surface area contributed by atoms with Crippen LogP contribution in [0.1, 0.15) is 27.3 Å². The van der Waals surface area contributed by atoms with Crippen molar-refractivity contribution in [3.05, 3.63) is 59.0 Å². The van der Waals surface area contributed by atoms with Gasteiger partial charge in [-0.15, -0.1) is 0 Å². The van der Waals surface area contributed by atoms with Gasteiger partial charge in [-0.2, -0.15) is 5.10 Å². The Bertz CT molecular complexity index is 978. The van der Waals surface area contributed by atoms with Gasteiger partial charge in [0.15, 0.2) is 5.65 Å². The van der Waals surface area contributed by atoms with Crippen LogP contribution in [0.3, 0.4) is 0 Å². The van der Waals surface area contributed by atoms with Gasteiger partial charge in [0.2, 0.25) is 0 Å². The van der Waals surface area contributed by atoms with E-state index in [0.717, 1.165) is 17.0 Å². The van der Waals surface area contributed by atoms with E-state index in [1.807, 2.05) is 44.2 Å². The molecule has 0 radical (unpaired) electrons. The zero-order valence-corrected chi connectivity index (χ0v) is 14.3. The number of ether oxygens (including phenoxy) is 1. The van der Waals surface area contributed by atoms with Crippen LogP contribution in [-0.2, 0) is 4.74 Å². The molecule has 0 aliphatic carbocycles. The third kappa shape index (κ3) is 3.67. The first kappa shape index (κ1) is 16.7. The molecule has 6 nitrogen and oxygen atoms in total. The van der Waals surface area contributed by atoms with Crippen LogP contribution in [-0.4, -0.2) is 34.2 Å². The van der Waals surface area contributed by atoms with Crippen molar-refractivity contribution >= 4 is 17.2 Å². The van der Waals surface area contributed by atoms with E-state index in [9.17, 15) is 4.79 Å². The minimum absolute atomic E-state index is 0.245. The summed E-state index contributed by atoms with van der Waals surface area (Å²) in [7, 11) is 1.60. The van der Waals surface area contributed by atoms with E-state index in [2.05, 4.69) is 27.2 Å². The molecule has 0 bridgehead atoms. The summed E-state index contributed by atoms with van der Waals surface area (Å²) in [5.41, 5.74) is 4.32. The van der Waals surface area contributed by atoms with Crippen LogP contribution < -0.4 is 5.32 Å². The number of aryl methyl sites for hydroxylation is 2. The van der Waals surface area contributed by atoms with Crippen LogP contribution in [0, 0.1) is 25.7 Å². The van der Waals surface area contributed by atoms with Gasteiger partial charge < -0.3 is 10.1 Å². The average molecular weight is 334 g/mol. The topological polar surface area (TPSA) is 68.5 Å². The van der Waals surface area contributed by atoms with Crippen LogP contribution in [0.4, 0.5) is 5.69 Å². The molecule has 0 saturated heterocycles. The highest BCUT2D eigenvalue weighted by Crippen LogP contribution is 2.15. The van der Waals surface area contributed by atoms with Gasteiger partial charge in [0, 0.05) is 29.7 Å². The Morgan fingerprint density at radius 1 is 1.28 bits per heavy atom. The third-order valence-electron chi connectivity index (χ3n) is 3.61. The Balaban J connectivity index is 1.80. The fourth-order valence-electron chi connectivity index (χ4n) is 2.48. The third-order valence-corrected chi connectivity index (χ3v) is 3.61. The van der Waals surface area contributed by atoms with Crippen LogP contribution in [0.2, 0.25) is 0 Å². The molecule has 2 heterocycles. The lowest BCUT2D eigenvalue weighted by molar-refractivity contribution is 0.102. The standard InChI is InChI=1S/C19H18N4O2/c1-13-11-14(2)23-18(21-13)17(12-20-23)19(24)22-16-8-6-15(7-9-16)5-4-10-25-3/h6-9,11-12H,10H2,1-3H3,(H,22,24). The molecule has 126 valence electrons. The largest absolute Gasteiger partial charge is 0.372 e. The first-order valence-electron chi connectivity index (χ1n) is 7.79. The van der Waals surface area contributed by atoms with Crippen LogP contribution >= 0.6 is 0 Å². The predicted molar refractivity (Wildman–Crippen MR) is 95.6 cm³/mol. The van der Waals surface area contributed by atoms with Gasteiger partial charge in [0.05, 0.1) is 6.20 Å². The molecule has 1 amide bonds. The van der Waals surface area contributed by atoms with Gasteiger partial charge in [-0.05, 0) is 44.2 Å². The number of nitrogens with one attached hydrogen (secondary N) is 1. The number of benzene rings is 1. The molecule has 25 heavy (non-hydrogen) atoms. The molecule has 1 aromatic carbocycles. The number of anilines is 1. The van der Waals surface area contributed by atoms with E-state index in [0.29, 0.717) is 23.5 Å². The molecule has 0 aliphatic rings. The van der Waals surface area contributed by atoms with Crippen molar-refractivity contribution in [3.8, 4) is 11.8 Å². The maximum Gasteiger partial charge on any atom is 0.261 e. The quantitative estimate of drug-likeness (QED) is 0.748. The van der Waals surface area contributed by atoms with E-state index >= 15 is 0 Å². The Morgan fingerprint density at radius 2 is 2.04 bits per heavy atom. The molecule has 3 aromatic rings. The number of nitrogens with zero attached hydrogens (tertiary/aromatic N) is 3. The second-order valence-corrected chi connectivity index (χ2v) is 5.60. The number of carbonyl (C=O) groups is 1. The smallest absolute Gasteiger partial charge is 0.261 e. The summed E-state index contributed by atoms with van der Waals surface area (Å²) in [6.45, 7) is 4.21. The summed E-state index contributed by atoms with van der Waals surface area (Å²) < 4.78 is 6.55. The van der Waals surface area contributed by atoms with E-state index in [1.165, 1.54) is 6.20 Å². The molecule has 0 saturated carbocycles. The first-order valence-corrected chi connectivity index (χ1v) is 7.79. The fourth-order valence-corrected chi connectivity index (χ4v) is 2.48. The lowest BCUT2D eigenvalue weighted by atomic mass is 10.2. The summed E-state index contributed by atoms with van der Waals surface area (Å²) in [6.07, 6.45) is 1.54. The van der Waals surface area contributed by atoms with Gasteiger partial charge >= 0.3 is 0 Å². The van der Waals surface area contributed by atoms with E-state index in [4.69, 9.17) is 4.74 Å². The molecule has 0 spiro atoms. The van der Waals surface area contributed by atoms with E-state index < -0.39 is 0 Å². The summed E-state index contributed by atoms with van der Waals surface area (Å²) >= 11 is 0. The highest BCUT2D eigenvalue weighted by Gasteiger charge is 2.15. The molecule has 0 unspecified atom stereocenters.